The maximum Gasteiger partial charge on any atom is 0.164 e. The van der Waals surface area contributed by atoms with Gasteiger partial charge in [0.25, 0.3) is 0 Å². The van der Waals surface area contributed by atoms with E-state index in [1.165, 1.54) is 38.6 Å². The average molecular weight is 1610 g/mol. The van der Waals surface area contributed by atoms with Crippen LogP contribution in [0.4, 0.5) is 0 Å². The number of para-hydroxylation sites is 7. The van der Waals surface area contributed by atoms with Gasteiger partial charge in [0.05, 0.1) is 32.9 Å². The Morgan fingerprint density at radius 1 is 0.183 bits per heavy atom. The van der Waals surface area contributed by atoms with Crippen LogP contribution in [0.25, 0.3) is 168 Å². The van der Waals surface area contributed by atoms with E-state index in [-0.39, 0.29) is 0 Å². The van der Waals surface area contributed by atoms with E-state index in [9.17, 15) is 0 Å². The van der Waals surface area contributed by atoms with Gasteiger partial charge in [-0.1, -0.05) is 376 Å². The number of benzene rings is 18. The van der Waals surface area contributed by atoms with Gasteiger partial charge in [-0.25, -0.2) is 29.9 Å². The summed E-state index contributed by atoms with van der Waals surface area (Å²) in [6.07, 6.45) is 0. The molecule has 4 aliphatic rings. The van der Waals surface area contributed by atoms with Crippen LogP contribution >= 0.6 is 0 Å². The van der Waals surface area contributed by atoms with E-state index in [0.717, 1.165) is 162 Å². The van der Waals surface area contributed by atoms with Gasteiger partial charge < -0.3 is 18.6 Å². The first-order valence-corrected chi connectivity index (χ1v) is 42.7. The number of nitrogens with zero attached hydrogens (tertiary/aromatic N) is 8. The molecule has 2 aliphatic heterocycles. The molecule has 0 fully saturated rings. The summed E-state index contributed by atoms with van der Waals surface area (Å²) in [6, 6.07) is 154. The summed E-state index contributed by atoms with van der Waals surface area (Å²) >= 11 is 0. The summed E-state index contributed by atoms with van der Waals surface area (Å²) in [5, 5.41) is 4.58. The third kappa shape index (κ3) is 11.0. The van der Waals surface area contributed by atoms with Crippen LogP contribution in [0.5, 0.6) is 23.0 Å². The second-order valence-electron chi connectivity index (χ2n) is 32.5. The van der Waals surface area contributed by atoms with Gasteiger partial charge >= 0.3 is 0 Å². The van der Waals surface area contributed by atoms with Crippen molar-refractivity contribution < 1.29 is 9.47 Å². The van der Waals surface area contributed by atoms with E-state index in [1.54, 1.807) is 0 Å². The van der Waals surface area contributed by atoms with Crippen LogP contribution in [-0.4, -0.2) is 39.0 Å². The largest absolute Gasteiger partial charge is 0.457 e. The Kier molecular flexibility index (Phi) is 16.6. The van der Waals surface area contributed by atoms with E-state index in [0.29, 0.717) is 34.9 Å². The van der Waals surface area contributed by atoms with Crippen molar-refractivity contribution in [3.63, 3.8) is 0 Å². The van der Waals surface area contributed by atoms with E-state index in [4.69, 9.17) is 39.4 Å². The summed E-state index contributed by atoms with van der Waals surface area (Å²) in [6.45, 7) is 0. The molecule has 2 spiro atoms. The summed E-state index contributed by atoms with van der Waals surface area (Å²) in [5.74, 6) is 7.14. The molecular formula is C116H72N8O2. The van der Waals surface area contributed by atoms with Crippen LogP contribution in [0.15, 0.2) is 437 Å². The van der Waals surface area contributed by atoms with Crippen molar-refractivity contribution in [2.45, 2.75) is 10.8 Å². The van der Waals surface area contributed by atoms with Crippen molar-refractivity contribution in [3.8, 4) is 147 Å². The molecule has 10 nitrogen and oxygen atoms in total. The molecule has 0 unspecified atom stereocenters. The van der Waals surface area contributed by atoms with Crippen molar-refractivity contribution >= 4 is 43.6 Å². The molecule has 0 bridgehead atoms. The molecule has 0 saturated heterocycles. The maximum absolute atomic E-state index is 6.77. The molecule has 6 heterocycles. The Bertz CT molecular complexity index is 8030. The van der Waals surface area contributed by atoms with Crippen LogP contribution in [-0.2, 0) is 10.8 Å². The predicted octanol–water partition coefficient (Wildman–Crippen LogP) is 28.2. The number of hydrogen-bond donors (Lipinski definition) is 0. The predicted molar refractivity (Wildman–Crippen MR) is 507 cm³/mol. The second-order valence-corrected chi connectivity index (χ2v) is 32.5. The SMILES string of the molecule is c1ccc(-c2ccc(-c3nc(-c4ccccc4)nc(-c4cccc5c4-c4c(ccc6c7ccccc7n(-c7ccccc7)c46)C54c5ccccc5Oc5ccccc54)n3)cc2)cc1.c1ccc(-c2ccc(-c3nc(-c4ccccc4)nc(-c4cccc5c4c4ccc6c(c4n5-c4ccccc4)-c4ccccc4C64c5ccccc5Oc5ccccc54)n3)cc2)cc1. The van der Waals surface area contributed by atoms with Gasteiger partial charge in [-0.05, 0) is 116 Å². The molecule has 0 atom stereocenters. The summed E-state index contributed by atoms with van der Waals surface area (Å²) in [5.41, 5.74) is 29.5. The van der Waals surface area contributed by atoms with Crippen molar-refractivity contribution in [1.29, 1.82) is 0 Å². The molecule has 126 heavy (non-hydrogen) atoms. The smallest absolute Gasteiger partial charge is 0.164 e. The molecule has 4 aromatic heterocycles. The standard InChI is InChI=1S/2C58H36N4O/c1-4-17-37(18-5-1)38-31-33-40(34-32-38)56-59-55(39-19-6-2-7-20-39)60-57(61-56)44-24-16-27-47-52(44)53-48(58(47)45-25-11-14-29-50(45)63-51-30-15-12-26-46(51)58)36-35-43-42-23-10-13-28-49(42)62(54(43)53)41-21-8-3-9-22-41;1-4-17-37(18-5-1)38-31-33-40(34-32-38)56-59-55(39-19-6-2-7-20-39)60-57(61-56)44-24-16-28-49-52(44)43-35-36-48-53(54(43)62(49)41-21-8-3-9-22-41)42-23-10-11-25-45(42)58(48)46-26-12-14-29-50(46)63-51-30-15-13-27-47(51)58/h2*1-36H. The zero-order valence-electron chi connectivity index (χ0n) is 68.0. The molecule has 22 aromatic rings. The van der Waals surface area contributed by atoms with Crippen LogP contribution in [0, 0.1) is 0 Å². The third-order valence-corrected chi connectivity index (χ3v) is 25.9. The normalized spacial score (nSPS) is 13.0. The molecule has 0 radical (unpaired) electrons. The first-order valence-electron chi connectivity index (χ1n) is 42.7. The highest BCUT2D eigenvalue weighted by atomic mass is 16.5. The fourth-order valence-electron chi connectivity index (χ4n) is 20.6. The fourth-order valence-corrected chi connectivity index (χ4v) is 20.6. The van der Waals surface area contributed by atoms with Crippen LogP contribution in [0.3, 0.4) is 0 Å². The monoisotopic (exact) mass is 1610 g/mol. The number of hydrogen-bond acceptors (Lipinski definition) is 8. The first kappa shape index (κ1) is 72.0. The van der Waals surface area contributed by atoms with Crippen LogP contribution in [0.1, 0.15) is 44.5 Å². The van der Waals surface area contributed by atoms with Crippen molar-refractivity contribution in [2.24, 2.45) is 0 Å². The van der Waals surface area contributed by atoms with Crippen molar-refractivity contribution in [3.05, 3.63) is 481 Å². The van der Waals surface area contributed by atoms with Gasteiger partial charge in [0.2, 0.25) is 0 Å². The Labute approximate surface area is 726 Å². The minimum absolute atomic E-state index is 0.601. The quantitative estimate of drug-likeness (QED) is 0.133. The Morgan fingerprint density at radius 2 is 0.492 bits per heavy atom. The second kappa shape index (κ2) is 29.0. The zero-order chi connectivity index (χ0) is 83.0. The summed E-state index contributed by atoms with van der Waals surface area (Å²) < 4.78 is 18.3. The molecule has 18 aromatic carbocycles. The minimum Gasteiger partial charge on any atom is -0.457 e. The Balaban J connectivity index is 0.000000137. The Morgan fingerprint density at radius 3 is 0.992 bits per heavy atom. The third-order valence-electron chi connectivity index (χ3n) is 25.9. The summed E-state index contributed by atoms with van der Waals surface area (Å²) in [7, 11) is 0. The van der Waals surface area contributed by atoms with Crippen molar-refractivity contribution in [1.82, 2.24) is 39.0 Å². The lowest BCUT2D eigenvalue weighted by atomic mass is 9.66. The highest BCUT2D eigenvalue weighted by Gasteiger charge is 2.54. The van der Waals surface area contributed by atoms with E-state index < -0.39 is 10.8 Å². The van der Waals surface area contributed by atoms with Crippen LogP contribution < -0.4 is 9.47 Å². The van der Waals surface area contributed by atoms with E-state index in [2.05, 4.69) is 397 Å². The molecule has 10 heteroatoms. The van der Waals surface area contributed by atoms with E-state index in [1.807, 2.05) is 48.5 Å². The van der Waals surface area contributed by atoms with Crippen molar-refractivity contribution in [2.75, 3.05) is 0 Å². The lowest BCUT2D eigenvalue weighted by Gasteiger charge is -2.39. The Hall–Kier alpha value is -16.8. The fraction of sp³-hybridized carbons (Fsp3) is 0.0172. The molecule has 0 N–H and O–H groups in total. The lowest BCUT2D eigenvalue weighted by Crippen LogP contribution is -2.32. The number of fused-ring (bicyclic) bond motifs is 26. The first-order chi connectivity index (χ1) is 62.5. The minimum atomic E-state index is -0.719. The topological polar surface area (TPSA) is 106 Å². The van der Waals surface area contributed by atoms with Gasteiger partial charge in [-0.2, -0.15) is 0 Å². The zero-order valence-corrected chi connectivity index (χ0v) is 68.0. The highest BCUT2D eigenvalue weighted by molar-refractivity contribution is 6.21. The number of rotatable bonds is 10. The number of ether oxygens (including phenoxy) is 2. The highest BCUT2D eigenvalue weighted by Crippen LogP contribution is 2.67. The van der Waals surface area contributed by atoms with E-state index >= 15 is 0 Å². The van der Waals surface area contributed by atoms with Gasteiger partial charge in [-0.15, -0.1) is 0 Å². The average Bonchev–Trinajstić information content (AvgIpc) is 1.50. The molecule has 26 rings (SSSR count). The number of aromatic nitrogens is 8. The summed E-state index contributed by atoms with van der Waals surface area (Å²) in [4.78, 5) is 31.7. The molecule has 0 saturated carbocycles. The van der Waals surface area contributed by atoms with Gasteiger partial charge in [0.15, 0.2) is 34.9 Å². The molecule has 2 aliphatic carbocycles. The molecule has 0 amide bonds. The molecule has 588 valence electrons. The van der Waals surface area contributed by atoms with Gasteiger partial charge in [0.1, 0.15) is 23.0 Å². The maximum atomic E-state index is 6.77. The van der Waals surface area contributed by atoms with Gasteiger partial charge in [0, 0.05) is 99.7 Å². The van der Waals surface area contributed by atoms with Gasteiger partial charge in [-0.3, -0.25) is 0 Å². The molecular weight excluding hydrogens is 1540 g/mol. The lowest BCUT2D eigenvalue weighted by molar-refractivity contribution is 0.436. The van der Waals surface area contributed by atoms with Crippen LogP contribution in [0.2, 0.25) is 0 Å².